The predicted octanol–water partition coefficient (Wildman–Crippen LogP) is 3.17. The van der Waals surface area contributed by atoms with Crippen LogP contribution in [0, 0.1) is 17.5 Å². The van der Waals surface area contributed by atoms with Gasteiger partial charge in [-0.25, -0.2) is 13.2 Å². The van der Waals surface area contributed by atoms with Crippen molar-refractivity contribution in [1.82, 2.24) is 4.98 Å². The van der Waals surface area contributed by atoms with Crippen molar-refractivity contribution >= 4 is 0 Å². The van der Waals surface area contributed by atoms with Crippen LogP contribution in [-0.2, 0) is 0 Å². The number of benzene rings is 1. The summed E-state index contributed by atoms with van der Waals surface area (Å²) in [6, 6.07) is 4.35. The van der Waals surface area contributed by atoms with E-state index in [-0.39, 0.29) is 11.1 Å². The molecular formula is C11H6F3N. The van der Waals surface area contributed by atoms with Crippen LogP contribution in [0.4, 0.5) is 13.2 Å². The van der Waals surface area contributed by atoms with E-state index in [1.165, 1.54) is 18.5 Å². The molecule has 0 atom stereocenters. The zero-order chi connectivity index (χ0) is 10.8. The highest BCUT2D eigenvalue weighted by Crippen LogP contribution is 2.25. The largest absolute Gasteiger partial charge is 0.264 e. The molecule has 0 N–H and O–H groups in total. The van der Waals surface area contributed by atoms with E-state index in [9.17, 15) is 13.2 Å². The van der Waals surface area contributed by atoms with Gasteiger partial charge in [0.25, 0.3) is 0 Å². The average molecular weight is 209 g/mol. The molecule has 0 saturated carbocycles. The summed E-state index contributed by atoms with van der Waals surface area (Å²) in [5.41, 5.74) is 0.0250. The van der Waals surface area contributed by atoms with Gasteiger partial charge in [-0.3, -0.25) is 4.98 Å². The number of nitrogens with zero attached hydrogens (tertiary/aromatic N) is 1. The normalized spacial score (nSPS) is 10.3. The van der Waals surface area contributed by atoms with Crippen LogP contribution in [-0.4, -0.2) is 4.98 Å². The molecule has 0 amide bonds. The Morgan fingerprint density at radius 3 is 2.20 bits per heavy atom. The molecule has 15 heavy (non-hydrogen) atoms. The first-order valence-electron chi connectivity index (χ1n) is 4.23. The first kappa shape index (κ1) is 9.71. The zero-order valence-corrected chi connectivity index (χ0v) is 7.55. The molecule has 0 radical (unpaired) electrons. The van der Waals surface area contributed by atoms with Crippen molar-refractivity contribution in [3.8, 4) is 11.1 Å². The SMILES string of the molecule is Fc1cc(F)c(-c2cccnc2)c(F)c1. The number of hydrogen-bond acceptors (Lipinski definition) is 1. The lowest BCUT2D eigenvalue weighted by Crippen LogP contribution is -1.92. The molecule has 2 rings (SSSR count). The molecule has 1 aromatic carbocycles. The Balaban J connectivity index is 2.64. The number of aromatic nitrogens is 1. The van der Waals surface area contributed by atoms with Gasteiger partial charge in [0.05, 0.1) is 5.56 Å². The lowest BCUT2D eigenvalue weighted by molar-refractivity contribution is 0.548. The molecule has 0 fully saturated rings. The van der Waals surface area contributed by atoms with Crippen molar-refractivity contribution in [2.75, 3.05) is 0 Å². The lowest BCUT2D eigenvalue weighted by Gasteiger charge is -2.04. The lowest BCUT2D eigenvalue weighted by atomic mass is 10.1. The fourth-order valence-electron chi connectivity index (χ4n) is 1.33. The van der Waals surface area contributed by atoms with E-state index in [1.807, 2.05) is 0 Å². The Morgan fingerprint density at radius 1 is 1.00 bits per heavy atom. The summed E-state index contributed by atoms with van der Waals surface area (Å²) in [6.07, 6.45) is 2.81. The fourth-order valence-corrected chi connectivity index (χ4v) is 1.33. The third-order valence-electron chi connectivity index (χ3n) is 1.96. The van der Waals surface area contributed by atoms with Crippen molar-refractivity contribution in [3.63, 3.8) is 0 Å². The van der Waals surface area contributed by atoms with Gasteiger partial charge in [-0.15, -0.1) is 0 Å². The van der Waals surface area contributed by atoms with Gasteiger partial charge in [0.1, 0.15) is 17.5 Å². The second kappa shape index (κ2) is 3.73. The van der Waals surface area contributed by atoms with Crippen LogP contribution < -0.4 is 0 Å². The summed E-state index contributed by atoms with van der Waals surface area (Å²) in [4.78, 5) is 3.74. The summed E-state index contributed by atoms with van der Waals surface area (Å²) in [6.45, 7) is 0. The van der Waals surface area contributed by atoms with E-state index < -0.39 is 17.5 Å². The smallest absolute Gasteiger partial charge is 0.136 e. The molecule has 0 spiro atoms. The van der Waals surface area contributed by atoms with Gasteiger partial charge in [-0.2, -0.15) is 0 Å². The molecule has 1 aromatic heterocycles. The molecule has 1 nitrogen and oxygen atoms in total. The topological polar surface area (TPSA) is 12.9 Å². The maximum absolute atomic E-state index is 13.3. The first-order chi connectivity index (χ1) is 7.18. The molecule has 76 valence electrons. The van der Waals surface area contributed by atoms with E-state index in [0.29, 0.717) is 12.1 Å². The molecule has 2 aromatic rings. The highest BCUT2D eigenvalue weighted by molar-refractivity contribution is 5.63. The van der Waals surface area contributed by atoms with Crippen LogP contribution in [0.25, 0.3) is 11.1 Å². The number of hydrogen-bond donors (Lipinski definition) is 0. The van der Waals surface area contributed by atoms with E-state index in [4.69, 9.17) is 0 Å². The van der Waals surface area contributed by atoms with Gasteiger partial charge in [-0.05, 0) is 6.07 Å². The van der Waals surface area contributed by atoms with Crippen LogP contribution in [0.1, 0.15) is 0 Å². The zero-order valence-electron chi connectivity index (χ0n) is 7.55. The molecule has 0 saturated heterocycles. The van der Waals surface area contributed by atoms with Crippen molar-refractivity contribution in [2.45, 2.75) is 0 Å². The van der Waals surface area contributed by atoms with Gasteiger partial charge in [0.2, 0.25) is 0 Å². The highest BCUT2D eigenvalue weighted by atomic mass is 19.1. The van der Waals surface area contributed by atoms with E-state index in [0.717, 1.165) is 0 Å². The monoisotopic (exact) mass is 209 g/mol. The Morgan fingerprint density at radius 2 is 1.67 bits per heavy atom. The predicted molar refractivity (Wildman–Crippen MR) is 49.5 cm³/mol. The first-order valence-corrected chi connectivity index (χ1v) is 4.23. The summed E-state index contributed by atoms with van der Waals surface area (Å²) in [5, 5.41) is 0. The summed E-state index contributed by atoms with van der Waals surface area (Å²) < 4.78 is 39.2. The standard InChI is InChI=1S/C11H6F3N/c12-8-4-9(13)11(10(14)5-8)7-2-1-3-15-6-7/h1-6H. The minimum Gasteiger partial charge on any atom is -0.264 e. The Kier molecular flexibility index (Phi) is 2.41. The van der Waals surface area contributed by atoms with Crippen molar-refractivity contribution in [2.24, 2.45) is 0 Å². The van der Waals surface area contributed by atoms with Crippen LogP contribution in [0.5, 0.6) is 0 Å². The fraction of sp³-hybridized carbons (Fsp3) is 0. The third kappa shape index (κ3) is 1.83. The Labute approximate surface area is 84.2 Å². The Bertz CT molecular complexity index is 459. The van der Waals surface area contributed by atoms with E-state index >= 15 is 0 Å². The molecule has 0 bridgehead atoms. The molecule has 4 heteroatoms. The van der Waals surface area contributed by atoms with Gasteiger partial charge >= 0.3 is 0 Å². The van der Waals surface area contributed by atoms with Gasteiger partial charge in [0, 0.05) is 30.1 Å². The van der Waals surface area contributed by atoms with E-state index in [1.54, 1.807) is 6.07 Å². The summed E-state index contributed by atoms with van der Waals surface area (Å²) in [7, 11) is 0. The van der Waals surface area contributed by atoms with Crippen molar-refractivity contribution < 1.29 is 13.2 Å². The Hall–Kier alpha value is -1.84. The number of halogens is 3. The summed E-state index contributed by atoms with van der Waals surface area (Å²) >= 11 is 0. The molecular weight excluding hydrogens is 203 g/mol. The number of rotatable bonds is 1. The number of pyridine rings is 1. The maximum atomic E-state index is 13.3. The van der Waals surface area contributed by atoms with Crippen LogP contribution in [0.2, 0.25) is 0 Å². The van der Waals surface area contributed by atoms with Crippen molar-refractivity contribution in [1.29, 1.82) is 0 Å². The highest BCUT2D eigenvalue weighted by Gasteiger charge is 2.12. The molecule has 0 aliphatic carbocycles. The summed E-state index contributed by atoms with van der Waals surface area (Å²) in [5.74, 6) is -2.79. The maximum Gasteiger partial charge on any atom is 0.136 e. The second-order valence-electron chi connectivity index (χ2n) is 2.99. The van der Waals surface area contributed by atoms with Gasteiger partial charge in [-0.1, -0.05) is 6.07 Å². The molecule has 0 aliphatic rings. The van der Waals surface area contributed by atoms with Crippen LogP contribution in [0.3, 0.4) is 0 Å². The minimum absolute atomic E-state index is 0.260. The van der Waals surface area contributed by atoms with Gasteiger partial charge < -0.3 is 0 Å². The van der Waals surface area contributed by atoms with Gasteiger partial charge in [0.15, 0.2) is 0 Å². The average Bonchev–Trinajstić information content (AvgIpc) is 2.17. The minimum atomic E-state index is -0.933. The molecule has 0 aliphatic heterocycles. The van der Waals surface area contributed by atoms with Crippen molar-refractivity contribution in [3.05, 3.63) is 54.1 Å². The third-order valence-corrected chi connectivity index (χ3v) is 1.96. The van der Waals surface area contributed by atoms with Crippen LogP contribution >= 0.6 is 0 Å². The molecule has 1 heterocycles. The molecule has 0 unspecified atom stereocenters. The van der Waals surface area contributed by atoms with Crippen LogP contribution in [0.15, 0.2) is 36.7 Å². The quantitative estimate of drug-likeness (QED) is 0.702. The van der Waals surface area contributed by atoms with E-state index in [2.05, 4.69) is 4.98 Å². The second-order valence-corrected chi connectivity index (χ2v) is 2.99.